The second-order valence-corrected chi connectivity index (χ2v) is 6.38. The van der Waals surface area contributed by atoms with Gasteiger partial charge in [0.25, 0.3) is 0 Å². The molecule has 1 heteroatoms. The molecule has 98 valence electrons. The summed E-state index contributed by atoms with van der Waals surface area (Å²) in [4.78, 5) is 10.8. The van der Waals surface area contributed by atoms with Gasteiger partial charge in [-0.3, -0.25) is 0 Å². The SMILES string of the molecule is CCCC1CCC([C@H]2CC[C@H](C=O)CC2)CC1. The van der Waals surface area contributed by atoms with Crippen LogP contribution in [0.4, 0.5) is 0 Å². The van der Waals surface area contributed by atoms with Gasteiger partial charge in [0.1, 0.15) is 6.29 Å². The molecule has 0 aromatic carbocycles. The highest BCUT2D eigenvalue weighted by Crippen LogP contribution is 2.41. The largest absolute Gasteiger partial charge is 0.303 e. The van der Waals surface area contributed by atoms with Crippen LogP contribution in [-0.4, -0.2) is 6.29 Å². The lowest BCUT2D eigenvalue weighted by atomic mass is 9.69. The molecule has 0 aliphatic heterocycles. The van der Waals surface area contributed by atoms with Crippen molar-refractivity contribution in [1.82, 2.24) is 0 Å². The first-order chi connectivity index (χ1) is 8.33. The number of aldehydes is 1. The van der Waals surface area contributed by atoms with Gasteiger partial charge < -0.3 is 4.79 Å². The van der Waals surface area contributed by atoms with Crippen molar-refractivity contribution in [2.75, 3.05) is 0 Å². The van der Waals surface area contributed by atoms with Crippen molar-refractivity contribution in [3.63, 3.8) is 0 Å². The third-order valence-corrected chi connectivity index (χ3v) is 5.26. The molecule has 2 rings (SSSR count). The Morgan fingerprint density at radius 3 is 1.88 bits per heavy atom. The molecule has 2 aliphatic carbocycles. The van der Waals surface area contributed by atoms with Crippen molar-refractivity contribution in [3.05, 3.63) is 0 Å². The minimum atomic E-state index is 0.391. The zero-order valence-corrected chi connectivity index (χ0v) is 11.4. The first-order valence-electron chi connectivity index (χ1n) is 7.78. The van der Waals surface area contributed by atoms with Crippen molar-refractivity contribution in [2.45, 2.75) is 71.1 Å². The van der Waals surface area contributed by atoms with Gasteiger partial charge in [-0.1, -0.05) is 32.6 Å². The van der Waals surface area contributed by atoms with Crippen LogP contribution in [0.2, 0.25) is 0 Å². The highest BCUT2D eigenvalue weighted by Gasteiger charge is 2.30. The summed E-state index contributed by atoms with van der Waals surface area (Å²) in [5.74, 6) is 3.37. The van der Waals surface area contributed by atoms with Crippen molar-refractivity contribution in [1.29, 1.82) is 0 Å². The van der Waals surface area contributed by atoms with Crippen molar-refractivity contribution in [2.24, 2.45) is 23.7 Å². The van der Waals surface area contributed by atoms with E-state index < -0.39 is 0 Å². The Kier molecular flexibility index (Phi) is 5.06. The molecule has 0 amide bonds. The number of hydrogen-bond acceptors (Lipinski definition) is 1. The van der Waals surface area contributed by atoms with Crippen LogP contribution in [0.1, 0.15) is 71.1 Å². The van der Waals surface area contributed by atoms with E-state index in [9.17, 15) is 4.79 Å². The van der Waals surface area contributed by atoms with Crippen LogP contribution in [-0.2, 0) is 4.79 Å². The van der Waals surface area contributed by atoms with Crippen LogP contribution in [0.5, 0.6) is 0 Å². The minimum absolute atomic E-state index is 0.391. The molecule has 0 aromatic heterocycles. The standard InChI is InChI=1S/C16H28O/c1-2-3-13-4-8-15(9-5-13)16-10-6-14(12-17)7-11-16/h12-16H,2-11H2,1H3/t13?,14-,15?,16-. The smallest absolute Gasteiger partial charge is 0.123 e. The maximum atomic E-state index is 10.8. The first kappa shape index (κ1) is 13.1. The van der Waals surface area contributed by atoms with E-state index in [1.54, 1.807) is 0 Å². The third kappa shape index (κ3) is 3.56. The Bertz CT molecular complexity index is 220. The fourth-order valence-corrected chi connectivity index (χ4v) is 4.11. The fourth-order valence-electron chi connectivity index (χ4n) is 4.11. The molecular formula is C16H28O. The van der Waals surface area contributed by atoms with Crippen LogP contribution in [0, 0.1) is 23.7 Å². The maximum absolute atomic E-state index is 10.8. The van der Waals surface area contributed by atoms with E-state index in [1.165, 1.54) is 70.5 Å². The van der Waals surface area contributed by atoms with Gasteiger partial charge in [-0.2, -0.15) is 0 Å². The van der Waals surface area contributed by atoms with Crippen LogP contribution < -0.4 is 0 Å². The summed E-state index contributed by atoms with van der Waals surface area (Å²) in [7, 11) is 0. The zero-order chi connectivity index (χ0) is 12.1. The molecule has 0 radical (unpaired) electrons. The molecule has 17 heavy (non-hydrogen) atoms. The number of hydrogen-bond donors (Lipinski definition) is 0. The summed E-state index contributed by atoms with van der Waals surface area (Å²) in [5, 5.41) is 0. The maximum Gasteiger partial charge on any atom is 0.123 e. The molecular weight excluding hydrogens is 208 g/mol. The average molecular weight is 236 g/mol. The lowest BCUT2D eigenvalue weighted by Crippen LogP contribution is -2.26. The average Bonchev–Trinajstić information content (AvgIpc) is 2.40. The molecule has 0 atom stereocenters. The summed E-state index contributed by atoms with van der Waals surface area (Å²) in [6, 6.07) is 0. The number of carbonyl (C=O) groups is 1. The van der Waals surface area contributed by atoms with Gasteiger partial charge in [-0.05, 0) is 56.3 Å². The van der Waals surface area contributed by atoms with Gasteiger partial charge in [0.2, 0.25) is 0 Å². The summed E-state index contributed by atoms with van der Waals surface area (Å²) in [5.41, 5.74) is 0. The Balaban J connectivity index is 1.72. The third-order valence-electron chi connectivity index (χ3n) is 5.26. The van der Waals surface area contributed by atoms with Crippen LogP contribution >= 0.6 is 0 Å². The van der Waals surface area contributed by atoms with Gasteiger partial charge in [-0.15, -0.1) is 0 Å². The van der Waals surface area contributed by atoms with E-state index in [0.717, 1.165) is 17.8 Å². The molecule has 2 fully saturated rings. The van der Waals surface area contributed by atoms with Crippen LogP contribution in [0.25, 0.3) is 0 Å². The van der Waals surface area contributed by atoms with Crippen LogP contribution in [0.15, 0.2) is 0 Å². The summed E-state index contributed by atoms with van der Waals surface area (Å²) in [6.45, 7) is 2.31. The van der Waals surface area contributed by atoms with E-state index in [4.69, 9.17) is 0 Å². The predicted molar refractivity (Wildman–Crippen MR) is 71.9 cm³/mol. The predicted octanol–water partition coefficient (Wildman–Crippen LogP) is 4.60. The topological polar surface area (TPSA) is 17.1 Å². The monoisotopic (exact) mass is 236 g/mol. The summed E-state index contributed by atoms with van der Waals surface area (Å²) in [6.07, 6.45) is 14.9. The van der Waals surface area contributed by atoms with Gasteiger partial charge in [0.15, 0.2) is 0 Å². The van der Waals surface area contributed by atoms with E-state index in [-0.39, 0.29) is 0 Å². The fraction of sp³-hybridized carbons (Fsp3) is 0.938. The molecule has 0 unspecified atom stereocenters. The molecule has 0 saturated heterocycles. The molecule has 2 aliphatic rings. The Morgan fingerprint density at radius 2 is 1.41 bits per heavy atom. The van der Waals surface area contributed by atoms with Gasteiger partial charge in [-0.25, -0.2) is 0 Å². The highest BCUT2D eigenvalue weighted by molar-refractivity contribution is 5.53. The van der Waals surface area contributed by atoms with E-state index in [0.29, 0.717) is 5.92 Å². The van der Waals surface area contributed by atoms with E-state index in [2.05, 4.69) is 6.92 Å². The first-order valence-corrected chi connectivity index (χ1v) is 7.78. The van der Waals surface area contributed by atoms with E-state index >= 15 is 0 Å². The molecule has 0 N–H and O–H groups in total. The van der Waals surface area contributed by atoms with Gasteiger partial charge >= 0.3 is 0 Å². The quantitative estimate of drug-likeness (QED) is 0.652. The lowest BCUT2D eigenvalue weighted by Gasteiger charge is -2.37. The second-order valence-electron chi connectivity index (χ2n) is 6.38. The highest BCUT2D eigenvalue weighted by atomic mass is 16.1. The summed E-state index contributed by atoms with van der Waals surface area (Å²) >= 11 is 0. The number of carbonyl (C=O) groups excluding carboxylic acids is 1. The van der Waals surface area contributed by atoms with Crippen molar-refractivity contribution < 1.29 is 4.79 Å². The molecule has 0 aromatic rings. The van der Waals surface area contributed by atoms with Gasteiger partial charge in [0, 0.05) is 5.92 Å². The van der Waals surface area contributed by atoms with Crippen LogP contribution in [0.3, 0.4) is 0 Å². The molecule has 0 bridgehead atoms. The number of rotatable bonds is 4. The Labute approximate surface area is 106 Å². The molecule has 0 spiro atoms. The lowest BCUT2D eigenvalue weighted by molar-refractivity contribution is -0.112. The zero-order valence-electron chi connectivity index (χ0n) is 11.4. The van der Waals surface area contributed by atoms with Crippen molar-refractivity contribution in [3.8, 4) is 0 Å². The Morgan fingerprint density at radius 1 is 0.882 bits per heavy atom. The molecule has 1 nitrogen and oxygen atoms in total. The molecule has 2 saturated carbocycles. The summed E-state index contributed by atoms with van der Waals surface area (Å²) < 4.78 is 0. The normalized spacial score (nSPS) is 38.9. The minimum Gasteiger partial charge on any atom is -0.303 e. The van der Waals surface area contributed by atoms with Gasteiger partial charge in [0.05, 0.1) is 0 Å². The van der Waals surface area contributed by atoms with Crippen molar-refractivity contribution >= 4 is 6.29 Å². The second kappa shape index (κ2) is 6.56. The molecule has 0 heterocycles. The van der Waals surface area contributed by atoms with E-state index in [1.807, 2.05) is 0 Å². The Hall–Kier alpha value is -0.330.